The molecule has 1 fully saturated rings. The van der Waals surface area contributed by atoms with Crippen LogP contribution >= 0.6 is 0 Å². The SMILES string of the molecule is C=CCNC(=O)CN1CCN(c2ccc(C(=O)OCC)cn2)CC1. The highest BCUT2D eigenvalue weighted by Gasteiger charge is 2.20. The van der Waals surface area contributed by atoms with Gasteiger partial charge in [-0.3, -0.25) is 9.69 Å². The topological polar surface area (TPSA) is 74.8 Å². The van der Waals surface area contributed by atoms with E-state index in [4.69, 9.17) is 4.74 Å². The highest BCUT2D eigenvalue weighted by atomic mass is 16.5. The Kier molecular flexibility index (Phi) is 6.74. The molecule has 2 heterocycles. The summed E-state index contributed by atoms with van der Waals surface area (Å²) in [6.07, 6.45) is 3.21. The molecule has 7 heteroatoms. The van der Waals surface area contributed by atoms with E-state index in [-0.39, 0.29) is 11.9 Å². The van der Waals surface area contributed by atoms with Crippen molar-refractivity contribution < 1.29 is 14.3 Å². The van der Waals surface area contributed by atoms with Gasteiger partial charge in [-0.25, -0.2) is 9.78 Å². The Labute approximate surface area is 142 Å². The van der Waals surface area contributed by atoms with Crippen molar-refractivity contribution in [2.24, 2.45) is 0 Å². The maximum atomic E-state index is 11.7. The molecule has 0 bridgehead atoms. The third-order valence-electron chi connectivity index (χ3n) is 3.77. The zero-order valence-corrected chi connectivity index (χ0v) is 14.0. The molecule has 1 N–H and O–H groups in total. The van der Waals surface area contributed by atoms with Crippen molar-refractivity contribution in [2.75, 3.05) is 50.8 Å². The molecule has 0 atom stereocenters. The van der Waals surface area contributed by atoms with E-state index >= 15 is 0 Å². The Morgan fingerprint density at radius 1 is 1.33 bits per heavy atom. The monoisotopic (exact) mass is 332 g/mol. The Hall–Kier alpha value is -2.41. The molecule has 7 nitrogen and oxygen atoms in total. The average Bonchev–Trinajstić information content (AvgIpc) is 2.61. The fraction of sp³-hybridized carbons (Fsp3) is 0.471. The van der Waals surface area contributed by atoms with Crippen LogP contribution in [0.15, 0.2) is 31.0 Å². The van der Waals surface area contributed by atoms with E-state index < -0.39 is 0 Å². The van der Waals surface area contributed by atoms with Crippen LogP contribution in [-0.4, -0.2) is 67.6 Å². The molecule has 2 rings (SSSR count). The number of pyridine rings is 1. The number of piperazine rings is 1. The van der Waals surface area contributed by atoms with Crippen LogP contribution in [0.5, 0.6) is 0 Å². The molecular weight excluding hydrogens is 308 g/mol. The van der Waals surface area contributed by atoms with Gasteiger partial charge in [0.05, 0.1) is 18.7 Å². The lowest BCUT2D eigenvalue weighted by Crippen LogP contribution is -2.49. The minimum atomic E-state index is -0.355. The van der Waals surface area contributed by atoms with Gasteiger partial charge < -0.3 is 15.0 Å². The second kappa shape index (κ2) is 9.02. The van der Waals surface area contributed by atoms with Gasteiger partial charge in [0.1, 0.15) is 5.82 Å². The number of carbonyl (C=O) groups is 2. The Morgan fingerprint density at radius 3 is 2.67 bits per heavy atom. The number of rotatable bonds is 7. The Morgan fingerprint density at radius 2 is 2.08 bits per heavy atom. The van der Waals surface area contributed by atoms with E-state index in [1.54, 1.807) is 25.3 Å². The summed E-state index contributed by atoms with van der Waals surface area (Å²) in [5, 5.41) is 2.78. The number of esters is 1. The fourth-order valence-electron chi connectivity index (χ4n) is 2.49. The zero-order chi connectivity index (χ0) is 17.4. The van der Waals surface area contributed by atoms with E-state index in [2.05, 4.69) is 26.7 Å². The fourth-order valence-corrected chi connectivity index (χ4v) is 2.49. The van der Waals surface area contributed by atoms with Crippen molar-refractivity contribution in [3.8, 4) is 0 Å². The normalized spacial score (nSPS) is 15.0. The van der Waals surface area contributed by atoms with Crippen molar-refractivity contribution in [3.63, 3.8) is 0 Å². The molecule has 0 aromatic carbocycles. The van der Waals surface area contributed by atoms with Gasteiger partial charge >= 0.3 is 5.97 Å². The van der Waals surface area contributed by atoms with Crippen LogP contribution < -0.4 is 10.2 Å². The van der Waals surface area contributed by atoms with E-state index in [0.717, 1.165) is 32.0 Å². The van der Waals surface area contributed by atoms with Gasteiger partial charge in [-0.15, -0.1) is 6.58 Å². The summed E-state index contributed by atoms with van der Waals surface area (Å²) in [6.45, 7) is 9.77. The first-order valence-electron chi connectivity index (χ1n) is 8.12. The van der Waals surface area contributed by atoms with Gasteiger partial charge in [0, 0.05) is 38.9 Å². The second-order valence-corrected chi connectivity index (χ2v) is 5.48. The van der Waals surface area contributed by atoms with Gasteiger partial charge in [-0.1, -0.05) is 6.08 Å². The maximum Gasteiger partial charge on any atom is 0.339 e. The molecule has 130 valence electrons. The summed E-state index contributed by atoms with van der Waals surface area (Å²) >= 11 is 0. The van der Waals surface area contributed by atoms with Crippen molar-refractivity contribution in [3.05, 3.63) is 36.5 Å². The van der Waals surface area contributed by atoms with Gasteiger partial charge in [0.15, 0.2) is 0 Å². The van der Waals surface area contributed by atoms with Crippen LogP contribution in [0.2, 0.25) is 0 Å². The van der Waals surface area contributed by atoms with E-state index in [9.17, 15) is 9.59 Å². The van der Waals surface area contributed by atoms with Crippen LogP contribution in [0.4, 0.5) is 5.82 Å². The van der Waals surface area contributed by atoms with Crippen molar-refractivity contribution in [1.29, 1.82) is 0 Å². The molecule has 0 unspecified atom stereocenters. The lowest BCUT2D eigenvalue weighted by atomic mass is 10.2. The van der Waals surface area contributed by atoms with Crippen molar-refractivity contribution in [2.45, 2.75) is 6.92 Å². The maximum absolute atomic E-state index is 11.7. The predicted molar refractivity (Wildman–Crippen MR) is 92.1 cm³/mol. The van der Waals surface area contributed by atoms with Crippen LogP contribution in [0.1, 0.15) is 17.3 Å². The summed E-state index contributed by atoms with van der Waals surface area (Å²) < 4.78 is 4.95. The predicted octanol–water partition coefficient (Wildman–Crippen LogP) is 0.682. The van der Waals surface area contributed by atoms with Crippen LogP contribution in [0, 0.1) is 0 Å². The van der Waals surface area contributed by atoms with Gasteiger partial charge in [0.2, 0.25) is 5.91 Å². The van der Waals surface area contributed by atoms with Crippen LogP contribution in [-0.2, 0) is 9.53 Å². The number of ether oxygens (including phenoxy) is 1. The summed E-state index contributed by atoms with van der Waals surface area (Å²) in [5.41, 5.74) is 0.457. The molecule has 0 spiro atoms. The average molecular weight is 332 g/mol. The molecule has 0 aliphatic carbocycles. The molecule has 1 aliphatic rings. The third kappa shape index (κ3) is 5.06. The molecule has 0 radical (unpaired) electrons. The largest absolute Gasteiger partial charge is 0.462 e. The summed E-state index contributed by atoms with van der Waals surface area (Å²) in [7, 11) is 0. The lowest BCUT2D eigenvalue weighted by Gasteiger charge is -2.35. The summed E-state index contributed by atoms with van der Waals surface area (Å²) in [6, 6.07) is 3.56. The molecular formula is C17H24N4O3. The number of anilines is 1. The number of nitrogens with zero attached hydrogens (tertiary/aromatic N) is 3. The number of hydrogen-bond donors (Lipinski definition) is 1. The highest BCUT2D eigenvalue weighted by Crippen LogP contribution is 2.14. The van der Waals surface area contributed by atoms with E-state index in [1.165, 1.54) is 0 Å². The highest BCUT2D eigenvalue weighted by molar-refractivity contribution is 5.89. The zero-order valence-electron chi connectivity index (χ0n) is 14.0. The molecule has 1 aromatic rings. The lowest BCUT2D eigenvalue weighted by molar-refractivity contribution is -0.122. The number of amides is 1. The van der Waals surface area contributed by atoms with Gasteiger partial charge in [-0.2, -0.15) is 0 Å². The number of aromatic nitrogens is 1. The number of hydrogen-bond acceptors (Lipinski definition) is 6. The molecule has 0 saturated carbocycles. The minimum absolute atomic E-state index is 0.0141. The number of nitrogens with one attached hydrogen (secondary N) is 1. The van der Waals surface area contributed by atoms with Gasteiger partial charge in [0.25, 0.3) is 0 Å². The molecule has 24 heavy (non-hydrogen) atoms. The Bertz CT molecular complexity index is 566. The quantitative estimate of drug-likeness (QED) is 0.585. The van der Waals surface area contributed by atoms with Gasteiger partial charge in [-0.05, 0) is 19.1 Å². The number of carbonyl (C=O) groups excluding carboxylic acids is 2. The van der Waals surface area contributed by atoms with E-state index in [0.29, 0.717) is 25.3 Å². The standard InChI is InChI=1S/C17H24N4O3/c1-3-7-18-16(22)13-20-8-10-21(11-9-20)15-6-5-14(12-19-15)17(23)24-4-2/h3,5-6,12H,1,4,7-11,13H2,2H3,(H,18,22). The molecule has 1 amide bonds. The van der Waals surface area contributed by atoms with Crippen molar-refractivity contribution in [1.82, 2.24) is 15.2 Å². The third-order valence-corrected chi connectivity index (χ3v) is 3.77. The summed E-state index contributed by atoms with van der Waals surface area (Å²) in [4.78, 5) is 31.9. The van der Waals surface area contributed by atoms with E-state index in [1.807, 2.05) is 6.07 Å². The first-order valence-corrected chi connectivity index (χ1v) is 8.12. The molecule has 1 aromatic heterocycles. The second-order valence-electron chi connectivity index (χ2n) is 5.48. The van der Waals surface area contributed by atoms with Crippen LogP contribution in [0.25, 0.3) is 0 Å². The smallest absolute Gasteiger partial charge is 0.339 e. The van der Waals surface area contributed by atoms with Crippen molar-refractivity contribution >= 4 is 17.7 Å². The summed E-state index contributed by atoms with van der Waals surface area (Å²) in [5.74, 6) is 0.492. The minimum Gasteiger partial charge on any atom is -0.462 e. The molecule has 1 saturated heterocycles. The Balaban J connectivity index is 1.82. The van der Waals surface area contributed by atoms with Crippen LogP contribution in [0.3, 0.4) is 0 Å². The first-order chi connectivity index (χ1) is 11.6. The first kappa shape index (κ1) is 17.9. The molecule has 1 aliphatic heterocycles.